The Morgan fingerprint density at radius 2 is 1.94 bits per heavy atom. The summed E-state index contributed by atoms with van der Waals surface area (Å²) in [5, 5.41) is 7.23. The van der Waals surface area contributed by atoms with E-state index in [1.165, 1.54) is 19.3 Å². The number of carbonyl (C=O) groups excluding carboxylic acids is 1. The van der Waals surface area contributed by atoms with E-state index in [-0.39, 0.29) is 17.9 Å². The molecule has 1 fully saturated rings. The molecule has 0 atom stereocenters. The molecule has 1 saturated heterocycles. The maximum atomic E-state index is 12.8. The molecule has 1 amide bonds. The van der Waals surface area contributed by atoms with Gasteiger partial charge < -0.3 is 19.5 Å². The molecule has 1 aromatic carbocycles. The molecule has 8 heteroatoms. The number of amides is 1. The van der Waals surface area contributed by atoms with Gasteiger partial charge in [0, 0.05) is 35.8 Å². The molecule has 4 rings (SSSR count). The van der Waals surface area contributed by atoms with E-state index >= 15 is 0 Å². The highest BCUT2D eigenvalue weighted by molar-refractivity contribution is 5.82. The van der Waals surface area contributed by atoms with Gasteiger partial charge in [-0.1, -0.05) is 23.7 Å². The Morgan fingerprint density at radius 3 is 2.69 bits per heavy atom. The van der Waals surface area contributed by atoms with Crippen molar-refractivity contribution in [2.75, 3.05) is 26.7 Å². The van der Waals surface area contributed by atoms with E-state index in [9.17, 15) is 4.79 Å². The third-order valence-electron chi connectivity index (χ3n) is 5.99. The van der Waals surface area contributed by atoms with E-state index in [2.05, 4.69) is 20.4 Å². The Morgan fingerprint density at radius 1 is 1.14 bits per heavy atom. The second-order valence-electron chi connectivity index (χ2n) is 10.1. The highest BCUT2D eigenvalue weighted by Gasteiger charge is 2.19. The zero-order chi connectivity index (χ0) is 24.8. The van der Waals surface area contributed by atoms with Gasteiger partial charge in [-0.2, -0.15) is 4.98 Å². The number of ether oxygens (including phenoxy) is 1. The molecule has 3 aromatic rings. The average Bonchev–Trinajstić information content (AvgIpc) is 3.31. The lowest BCUT2D eigenvalue weighted by atomic mass is 10.00. The van der Waals surface area contributed by atoms with Gasteiger partial charge in [-0.25, -0.2) is 0 Å². The van der Waals surface area contributed by atoms with Crippen LogP contribution in [-0.2, 0) is 17.6 Å². The average molecular weight is 478 g/mol. The topological polar surface area (TPSA) is 93.4 Å². The summed E-state index contributed by atoms with van der Waals surface area (Å²) in [5.41, 5.74) is 2.80. The summed E-state index contributed by atoms with van der Waals surface area (Å²) in [5.74, 6) is 1.77. The van der Waals surface area contributed by atoms with E-state index in [1.807, 2.05) is 51.1 Å². The van der Waals surface area contributed by atoms with Gasteiger partial charge in [0.15, 0.2) is 0 Å². The standard InChI is InChI=1S/C27H35N5O3/c1-27(2,3)30-23(33)17-20-15-21(18-28-25(20)19-9-8-10-22(16-19)34-4)26-29-24(35-31-26)11-14-32-12-6-5-7-13-32/h8-10,15-16,18H,5-7,11-14,17H2,1-4H3,(H,30,33). The Kier molecular flexibility index (Phi) is 7.80. The van der Waals surface area contributed by atoms with Crippen LogP contribution in [0.4, 0.5) is 0 Å². The van der Waals surface area contributed by atoms with Crippen LogP contribution in [0.25, 0.3) is 22.6 Å². The van der Waals surface area contributed by atoms with E-state index in [4.69, 9.17) is 14.2 Å². The number of hydrogen-bond donors (Lipinski definition) is 1. The maximum Gasteiger partial charge on any atom is 0.228 e. The van der Waals surface area contributed by atoms with Crippen LogP contribution in [0.15, 0.2) is 41.1 Å². The highest BCUT2D eigenvalue weighted by Crippen LogP contribution is 2.28. The summed E-state index contributed by atoms with van der Waals surface area (Å²) < 4.78 is 10.9. The minimum absolute atomic E-state index is 0.0732. The number of rotatable bonds is 8. The zero-order valence-electron chi connectivity index (χ0n) is 21.1. The van der Waals surface area contributed by atoms with Gasteiger partial charge in [-0.3, -0.25) is 9.78 Å². The first-order valence-corrected chi connectivity index (χ1v) is 12.3. The molecule has 0 spiro atoms. The molecule has 1 aliphatic rings. The fourth-order valence-electron chi connectivity index (χ4n) is 4.34. The molecule has 1 aliphatic heterocycles. The van der Waals surface area contributed by atoms with Gasteiger partial charge in [0.25, 0.3) is 0 Å². The lowest BCUT2D eigenvalue weighted by Crippen LogP contribution is -2.41. The number of pyridine rings is 1. The molecule has 0 unspecified atom stereocenters. The van der Waals surface area contributed by atoms with Crippen LogP contribution in [0.1, 0.15) is 51.5 Å². The number of benzene rings is 1. The minimum atomic E-state index is -0.324. The summed E-state index contributed by atoms with van der Waals surface area (Å²) >= 11 is 0. The van der Waals surface area contributed by atoms with Crippen molar-refractivity contribution < 1.29 is 14.1 Å². The molecule has 8 nitrogen and oxygen atoms in total. The fourth-order valence-corrected chi connectivity index (χ4v) is 4.34. The van der Waals surface area contributed by atoms with Crippen molar-refractivity contribution in [1.29, 1.82) is 0 Å². The lowest BCUT2D eigenvalue weighted by Gasteiger charge is -2.25. The Balaban J connectivity index is 1.58. The van der Waals surface area contributed by atoms with Gasteiger partial charge in [0.1, 0.15) is 5.75 Å². The molecule has 35 heavy (non-hydrogen) atoms. The summed E-state index contributed by atoms with van der Waals surface area (Å²) in [6.07, 6.45) is 6.47. The van der Waals surface area contributed by atoms with E-state index < -0.39 is 0 Å². The molecular weight excluding hydrogens is 442 g/mol. The number of aromatic nitrogens is 3. The normalized spacial score (nSPS) is 14.6. The second-order valence-corrected chi connectivity index (χ2v) is 10.1. The van der Waals surface area contributed by atoms with E-state index in [0.717, 1.165) is 54.2 Å². The highest BCUT2D eigenvalue weighted by atomic mass is 16.5. The van der Waals surface area contributed by atoms with Crippen LogP contribution >= 0.6 is 0 Å². The van der Waals surface area contributed by atoms with E-state index in [0.29, 0.717) is 11.7 Å². The van der Waals surface area contributed by atoms with Crippen LogP contribution in [0.3, 0.4) is 0 Å². The van der Waals surface area contributed by atoms with Crippen molar-refractivity contribution in [3.8, 4) is 28.4 Å². The number of hydrogen-bond acceptors (Lipinski definition) is 7. The van der Waals surface area contributed by atoms with Crippen molar-refractivity contribution in [3.63, 3.8) is 0 Å². The minimum Gasteiger partial charge on any atom is -0.497 e. The molecule has 1 N–H and O–H groups in total. The summed E-state index contributed by atoms with van der Waals surface area (Å²) in [6, 6.07) is 9.61. The first-order chi connectivity index (χ1) is 16.8. The first-order valence-electron chi connectivity index (χ1n) is 12.3. The summed E-state index contributed by atoms with van der Waals surface area (Å²) in [4.78, 5) is 24.6. The monoisotopic (exact) mass is 477 g/mol. The molecule has 186 valence electrons. The van der Waals surface area contributed by atoms with Crippen LogP contribution in [-0.4, -0.2) is 58.2 Å². The molecule has 3 heterocycles. The molecule has 0 bridgehead atoms. The predicted molar refractivity (Wildman–Crippen MR) is 135 cm³/mol. The predicted octanol–water partition coefficient (Wildman–Crippen LogP) is 4.29. The summed E-state index contributed by atoms with van der Waals surface area (Å²) in [6.45, 7) is 9.09. The molecule has 0 radical (unpaired) electrons. The van der Waals surface area contributed by atoms with Crippen LogP contribution in [0.5, 0.6) is 5.75 Å². The largest absolute Gasteiger partial charge is 0.497 e. The van der Waals surface area contributed by atoms with Gasteiger partial charge in [-0.15, -0.1) is 0 Å². The number of methoxy groups -OCH3 is 1. The third kappa shape index (κ3) is 6.88. The van der Waals surface area contributed by atoms with Crippen LogP contribution in [0, 0.1) is 0 Å². The number of nitrogens with one attached hydrogen (secondary N) is 1. The first kappa shape index (κ1) is 24.9. The van der Waals surface area contributed by atoms with Crippen LogP contribution in [0.2, 0.25) is 0 Å². The Bertz CT molecular complexity index is 1150. The maximum absolute atomic E-state index is 12.8. The van der Waals surface area contributed by atoms with Crippen molar-refractivity contribution in [3.05, 3.63) is 48.0 Å². The number of piperidine rings is 1. The van der Waals surface area contributed by atoms with Gasteiger partial charge in [0.2, 0.25) is 17.6 Å². The Labute approximate surface area is 207 Å². The van der Waals surface area contributed by atoms with Crippen molar-refractivity contribution in [1.82, 2.24) is 25.3 Å². The molecule has 0 saturated carbocycles. The number of nitrogens with zero attached hydrogens (tertiary/aromatic N) is 4. The fraction of sp³-hybridized carbons (Fsp3) is 0.481. The SMILES string of the molecule is COc1cccc(-c2ncc(-c3noc(CCN4CCCCC4)n3)cc2CC(=O)NC(C)(C)C)c1. The number of likely N-dealkylation sites (tertiary alicyclic amines) is 1. The van der Waals surface area contributed by atoms with Gasteiger partial charge >= 0.3 is 0 Å². The van der Waals surface area contributed by atoms with Crippen molar-refractivity contribution in [2.45, 2.75) is 58.4 Å². The molecular formula is C27H35N5O3. The number of carbonyl (C=O) groups is 1. The lowest BCUT2D eigenvalue weighted by molar-refractivity contribution is -0.121. The van der Waals surface area contributed by atoms with E-state index in [1.54, 1.807) is 13.3 Å². The van der Waals surface area contributed by atoms with Gasteiger partial charge in [-0.05, 0) is 70.5 Å². The van der Waals surface area contributed by atoms with Crippen molar-refractivity contribution >= 4 is 5.91 Å². The molecule has 0 aliphatic carbocycles. The zero-order valence-corrected chi connectivity index (χ0v) is 21.1. The quantitative estimate of drug-likeness (QED) is 0.517. The Hall–Kier alpha value is -3.26. The van der Waals surface area contributed by atoms with Gasteiger partial charge in [0.05, 0.1) is 19.2 Å². The third-order valence-corrected chi connectivity index (χ3v) is 5.99. The smallest absolute Gasteiger partial charge is 0.228 e. The second kappa shape index (κ2) is 11.0. The van der Waals surface area contributed by atoms with Crippen molar-refractivity contribution in [2.24, 2.45) is 0 Å². The summed E-state index contributed by atoms with van der Waals surface area (Å²) in [7, 11) is 1.63. The van der Waals surface area contributed by atoms with Crippen LogP contribution < -0.4 is 10.1 Å². The molecule has 2 aromatic heterocycles.